The Kier molecular flexibility index (Phi) is 12.2. The van der Waals surface area contributed by atoms with Gasteiger partial charge in [-0.05, 0) is 106 Å². The lowest BCUT2D eigenvalue weighted by atomic mass is 9.96. The highest BCUT2D eigenvalue weighted by Crippen LogP contribution is 2.33. The topological polar surface area (TPSA) is 84.8 Å². The van der Waals surface area contributed by atoms with Gasteiger partial charge >= 0.3 is 0 Å². The third kappa shape index (κ3) is 9.92. The number of hydrogen-bond donors (Lipinski definition) is 5. The van der Waals surface area contributed by atoms with Crippen molar-refractivity contribution in [3.05, 3.63) is 89.0 Å². The fourth-order valence-corrected chi connectivity index (χ4v) is 4.56. The molecule has 0 heterocycles. The van der Waals surface area contributed by atoms with Crippen LogP contribution in [0.1, 0.15) is 54.4 Å². The van der Waals surface area contributed by atoms with Crippen molar-refractivity contribution in [1.82, 2.24) is 10.6 Å². The van der Waals surface area contributed by atoms with Crippen LogP contribution in [0.4, 0.5) is 0 Å². The minimum atomic E-state index is -0.0615. The fourth-order valence-electron chi connectivity index (χ4n) is 4.56. The molecule has 0 unspecified atom stereocenters. The molecule has 5 N–H and O–H groups in total. The van der Waals surface area contributed by atoms with Crippen LogP contribution in [0.2, 0.25) is 0 Å². The van der Waals surface area contributed by atoms with Crippen LogP contribution in [0, 0.1) is 0 Å². The molecule has 0 aliphatic heterocycles. The predicted octanol–water partition coefficient (Wildman–Crippen LogP) is 5.50. The highest BCUT2D eigenvalue weighted by atomic mass is 16.3. The summed E-state index contributed by atoms with van der Waals surface area (Å²) >= 11 is 0. The molecule has 0 radical (unpaired) electrons. The largest absolute Gasteiger partial charge is 0.508 e. The maximum atomic E-state index is 10.4. The third-order valence-corrected chi connectivity index (χ3v) is 6.62. The lowest BCUT2D eigenvalue weighted by Gasteiger charge is -2.14. The van der Waals surface area contributed by atoms with Crippen molar-refractivity contribution in [3.8, 4) is 17.2 Å². The first-order valence-corrected chi connectivity index (χ1v) is 13.4. The quantitative estimate of drug-likeness (QED) is 0.127. The lowest BCUT2D eigenvalue weighted by molar-refractivity contribution is 0.398. The van der Waals surface area contributed by atoms with E-state index in [2.05, 4.69) is 41.0 Å². The van der Waals surface area contributed by atoms with Crippen LogP contribution in [0.5, 0.6) is 17.2 Å². The first kappa shape index (κ1) is 27.6. The first-order valence-electron chi connectivity index (χ1n) is 13.4. The van der Waals surface area contributed by atoms with Gasteiger partial charge < -0.3 is 26.0 Å². The zero-order valence-corrected chi connectivity index (χ0v) is 21.4. The lowest BCUT2D eigenvalue weighted by Crippen LogP contribution is -2.20. The van der Waals surface area contributed by atoms with E-state index in [-0.39, 0.29) is 17.2 Å². The van der Waals surface area contributed by atoms with Gasteiger partial charge in [0.1, 0.15) is 5.75 Å². The van der Waals surface area contributed by atoms with Gasteiger partial charge in [0.2, 0.25) is 0 Å². The van der Waals surface area contributed by atoms with Crippen molar-refractivity contribution >= 4 is 0 Å². The van der Waals surface area contributed by atoms with E-state index in [1.807, 2.05) is 18.2 Å². The molecular formula is C31H42N2O3. The summed E-state index contributed by atoms with van der Waals surface area (Å²) < 4.78 is 0. The minimum absolute atomic E-state index is 0.000729. The van der Waals surface area contributed by atoms with Crippen LogP contribution in [0.15, 0.2) is 66.7 Å². The number of phenols is 3. The van der Waals surface area contributed by atoms with Gasteiger partial charge in [0.05, 0.1) is 0 Å². The molecule has 194 valence electrons. The first-order chi connectivity index (χ1) is 17.6. The molecule has 0 bridgehead atoms. The Morgan fingerprint density at radius 3 is 1.94 bits per heavy atom. The van der Waals surface area contributed by atoms with E-state index in [4.69, 9.17) is 0 Å². The number of benzene rings is 3. The Hall–Kier alpha value is -3.02. The van der Waals surface area contributed by atoms with Crippen molar-refractivity contribution in [2.45, 2.75) is 57.8 Å². The number of aryl methyl sites for hydroxylation is 1. The van der Waals surface area contributed by atoms with Crippen LogP contribution in [-0.2, 0) is 25.7 Å². The van der Waals surface area contributed by atoms with Gasteiger partial charge in [-0.25, -0.2) is 0 Å². The average Bonchev–Trinajstić information content (AvgIpc) is 2.89. The van der Waals surface area contributed by atoms with Crippen molar-refractivity contribution in [1.29, 1.82) is 0 Å². The van der Waals surface area contributed by atoms with E-state index in [0.29, 0.717) is 6.42 Å². The van der Waals surface area contributed by atoms with E-state index in [9.17, 15) is 15.3 Å². The van der Waals surface area contributed by atoms with Crippen LogP contribution < -0.4 is 10.6 Å². The molecule has 36 heavy (non-hydrogen) atoms. The standard InChI is InChI=1S/C31H42N2O3/c34-28-14-8-12-26(24-28)13-9-15-29-27(16-17-30(35)31(29)36)19-23-33-21-7-2-1-6-20-32-22-18-25-10-4-3-5-11-25/h3-5,8,10-12,14,16-17,24,32-36H,1-2,6-7,9,13,15,18-23H2. The van der Waals surface area contributed by atoms with Crippen LogP contribution in [0.3, 0.4) is 0 Å². The summed E-state index contributed by atoms with van der Waals surface area (Å²) in [4.78, 5) is 0. The van der Waals surface area contributed by atoms with Gasteiger partial charge in [-0.3, -0.25) is 0 Å². The smallest absolute Gasteiger partial charge is 0.160 e. The molecule has 0 aliphatic rings. The van der Waals surface area contributed by atoms with Crippen LogP contribution in [-0.4, -0.2) is 41.5 Å². The second-order valence-corrected chi connectivity index (χ2v) is 9.49. The number of aromatic hydroxyl groups is 3. The van der Waals surface area contributed by atoms with E-state index < -0.39 is 0 Å². The fraction of sp³-hybridized carbons (Fsp3) is 0.419. The zero-order valence-electron chi connectivity index (χ0n) is 21.4. The minimum Gasteiger partial charge on any atom is -0.508 e. The second-order valence-electron chi connectivity index (χ2n) is 9.49. The van der Waals surface area contributed by atoms with Gasteiger partial charge in [0, 0.05) is 5.56 Å². The molecular weight excluding hydrogens is 448 g/mol. The number of nitrogens with one attached hydrogen (secondary N) is 2. The number of rotatable bonds is 17. The summed E-state index contributed by atoms with van der Waals surface area (Å²) in [5.74, 6) is 0.212. The van der Waals surface area contributed by atoms with E-state index >= 15 is 0 Å². The van der Waals surface area contributed by atoms with E-state index in [1.54, 1.807) is 18.2 Å². The van der Waals surface area contributed by atoms with Crippen molar-refractivity contribution in [3.63, 3.8) is 0 Å². The summed E-state index contributed by atoms with van der Waals surface area (Å²) in [6.07, 6.45) is 9.10. The van der Waals surface area contributed by atoms with Crippen molar-refractivity contribution < 1.29 is 15.3 Å². The molecule has 3 rings (SSSR count). The van der Waals surface area contributed by atoms with E-state index in [1.165, 1.54) is 31.2 Å². The average molecular weight is 491 g/mol. The van der Waals surface area contributed by atoms with Crippen LogP contribution in [0.25, 0.3) is 0 Å². The Bertz CT molecular complexity index is 1020. The van der Waals surface area contributed by atoms with Crippen molar-refractivity contribution in [2.24, 2.45) is 0 Å². The maximum absolute atomic E-state index is 10.4. The molecule has 0 amide bonds. The highest BCUT2D eigenvalue weighted by Gasteiger charge is 2.12. The molecule has 3 aromatic rings. The van der Waals surface area contributed by atoms with Gasteiger partial charge in [0.25, 0.3) is 0 Å². The summed E-state index contributed by atoms with van der Waals surface area (Å²) in [7, 11) is 0. The van der Waals surface area contributed by atoms with E-state index in [0.717, 1.165) is 68.6 Å². The Morgan fingerprint density at radius 1 is 0.528 bits per heavy atom. The molecule has 5 heteroatoms. The van der Waals surface area contributed by atoms with Gasteiger partial charge in [-0.1, -0.05) is 61.4 Å². The zero-order chi connectivity index (χ0) is 25.4. The Labute approximate surface area is 216 Å². The number of hydrogen-bond acceptors (Lipinski definition) is 5. The van der Waals surface area contributed by atoms with Gasteiger partial charge in [0.15, 0.2) is 11.5 Å². The maximum Gasteiger partial charge on any atom is 0.160 e. The third-order valence-electron chi connectivity index (χ3n) is 6.62. The molecule has 5 nitrogen and oxygen atoms in total. The molecule has 0 saturated carbocycles. The molecule has 0 spiro atoms. The number of unbranched alkanes of at least 4 members (excludes halogenated alkanes) is 3. The molecule has 3 aromatic carbocycles. The SMILES string of the molecule is Oc1cccc(CCCc2c(CCNCCCCCCNCCc3ccccc3)ccc(O)c2O)c1. The molecule has 0 atom stereocenters. The summed E-state index contributed by atoms with van der Waals surface area (Å²) in [5, 5.41) is 37.1. The normalized spacial score (nSPS) is 11.1. The molecule has 0 aromatic heterocycles. The Balaban J connectivity index is 1.26. The highest BCUT2D eigenvalue weighted by molar-refractivity contribution is 5.49. The molecule has 0 aliphatic carbocycles. The van der Waals surface area contributed by atoms with Crippen molar-refractivity contribution in [2.75, 3.05) is 26.2 Å². The molecule has 0 fully saturated rings. The van der Waals surface area contributed by atoms with Crippen LogP contribution >= 0.6 is 0 Å². The number of phenolic OH excluding ortho intramolecular Hbond substituents is 3. The predicted molar refractivity (Wildman–Crippen MR) is 148 cm³/mol. The van der Waals surface area contributed by atoms with Gasteiger partial charge in [-0.15, -0.1) is 0 Å². The Morgan fingerprint density at radius 2 is 1.22 bits per heavy atom. The monoisotopic (exact) mass is 490 g/mol. The molecule has 0 saturated heterocycles. The second kappa shape index (κ2) is 15.9. The summed E-state index contributed by atoms with van der Waals surface area (Å²) in [6.45, 7) is 3.97. The van der Waals surface area contributed by atoms with Gasteiger partial charge in [-0.2, -0.15) is 0 Å². The summed E-state index contributed by atoms with van der Waals surface area (Å²) in [6, 6.07) is 21.4. The summed E-state index contributed by atoms with van der Waals surface area (Å²) in [5.41, 5.74) is 4.37.